The highest BCUT2D eigenvalue weighted by atomic mass is 16.6. The van der Waals surface area contributed by atoms with Crippen molar-refractivity contribution in [2.75, 3.05) is 4.90 Å². The Morgan fingerprint density at radius 3 is 1.33 bits per heavy atom. The highest BCUT2D eigenvalue weighted by molar-refractivity contribution is 6.39. The number of nitro benzene ring substituents is 1. The number of benzene rings is 5. The van der Waals surface area contributed by atoms with Crippen molar-refractivity contribution in [3.8, 4) is 0 Å². The number of fused-ring (bicyclic) bond motifs is 5. The van der Waals surface area contributed by atoms with Gasteiger partial charge in [-0.05, 0) is 59.4 Å². The smallest absolute Gasteiger partial charge is 0.269 e. The molecule has 1 aliphatic heterocycles. The zero-order valence-corrected chi connectivity index (χ0v) is 26.3. The summed E-state index contributed by atoms with van der Waals surface area (Å²) in [4.78, 5) is 58.1. The van der Waals surface area contributed by atoms with Crippen molar-refractivity contribution in [3.63, 3.8) is 0 Å². The molecule has 2 amide bonds. The number of aryl methyl sites for hydroxylation is 2. The van der Waals surface area contributed by atoms with E-state index in [9.17, 15) is 10.1 Å². The van der Waals surface area contributed by atoms with Crippen molar-refractivity contribution in [2.45, 2.75) is 24.7 Å². The molecule has 2 bridgehead atoms. The van der Waals surface area contributed by atoms with Crippen LogP contribution in [0.3, 0.4) is 0 Å². The quantitative estimate of drug-likeness (QED) is 0.111. The van der Waals surface area contributed by atoms with Gasteiger partial charge in [0.25, 0.3) is 5.69 Å². The molecule has 0 radical (unpaired) electrons. The second-order valence-electron chi connectivity index (χ2n) is 12.9. The van der Waals surface area contributed by atoms with Crippen LogP contribution >= 0.6 is 0 Å². The number of hydrogen-bond donors (Lipinski definition) is 0. The average molecular weight is 631 g/mol. The van der Waals surface area contributed by atoms with Gasteiger partial charge in [0.1, 0.15) is 0 Å². The number of hydrogen-bond acceptors (Lipinski definition) is 5. The number of amides is 2. The number of anilines is 1. The van der Waals surface area contributed by atoms with Crippen molar-refractivity contribution in [2.24, 2.45) is 11.8 Å². The summed E-state index contributed by atoms with van der Waals surface area (Å²) in [6.45, 7) is 4.00. The summed E-state index contributed by atoms with van der Waals surface area (Å²) in [6, 6.07) is 40.2. The van der Waals surface area contributed by atoms with Crippen molar-refractivity contribution in [1.29, 1.82) is 0 Å². The van der Waals surface area contributed by atoms with E-state index in [0.29, 0.717) is 11.1 Å². The number of nitrogens with zero attached hydrogens (tertiary/aromatic N) is 2. The highest BCUT2D eigenvalue weighted by Gasteiger charge is 2.82. The molecule has 0 spiro atoms. The maximum absolute atomic E-state index is 15.9. The number of ketones is 1. The second-order valence-corrected chi connectivity index (χ2v) is 12.9. The third kappa shape index (κ3) is 3.72. The fourth-order valence-electron chi connectivity index (χ4n) is 8.54. The number of Topliss-reactive ketones (excluding diaryl/α,β-unsaturated/α-hetero) is 1. The normalized spacial score (nSPS) is 24.4. The van der Waals surface area contributed by atoms with Gasteiger partial charge >= 0.3 is 0 Å². The van der Waals surface area contributed by atoms with Gasteiger partial charge in [0.15, 0.2) is 5.78 Å². The van der Waals surface area contributed by atoms with Crippen LogP contribution < -0.4 is 4.90 Å². The van der Waals surface area contributed by atoms with E-state index in [1.54, 1.807) is 0 Å². The summed E-state index contributed by atoms with van der Waals surface area (Å²) in [5, 5.41) is 11.4. The van der Waals surface area contributed by atoms with Gasteiger partial charge < -0.3 is 0 Å². The summed E-state index contributed by atoms with van der Waals surface area (Å²) in [6.07, 6.45) is 0. The molecule has 2 fully saturated rings. The minimum atomic E-state index is -1.51. The Morgan fingerprint density at radius 2 is 0.958 bits per heavy atom. The number of carbonyl (C=O) groups excluding carboxylic acids is 3. The standard InChI is InChI=1S/C41H30N2O5/c1-25-13-17-27(18-14-25)33-34(28-19-15-26(2)16-20-28)41(30-11-7-4-8-12-30)36-35(40(33,39(41)46)29-9-5-3-6-10-29)37(44)42(38(36)45)31-21-23-32(24-22-31)43(47)48/h3-24,35-36H,1-2H3/t35-,36-,40-,41-/m1/s1. The first-order valence-corrected chi connectivity index (χ1v) is 15.9. The van der Waals surface area contributed by atoms with Crippen LogP contribution in [0.25, 0.3) is 11.1 Å². The lowest BCUT2D eigenvalue weighted by Crippen LogP contribution is -2.45. The van der Waals surface area contributed by atoms with Crippen LogP contribution in [0.15, 0.2) is 133 Å². The number of carbonyl (C=O) groups is 3. The molecule has 4 atom stereocenters. The van der Waals surface area contributed by atoms with Crippen molar-refractivity contribution >= 4 is 40.1 Å². The molecule has 3 aliphatic rings. The Balaban J connectivity index is 1.52. The molecule has 48 heavy (non-hydrogen) atoms. The van der Waals surface area contributed by atoms with E-state index in [0.717, 1.165) is 38.3 Å². The molecule has 5 aromatic rings. The summed E-state index contributed by atoms with van der Waals surface area (Å²) in [5.41, 5.74) is 3.49. The maximum atomic E-state index is 15.9. The van der Waals surface area contributed by atoms with Crippen LogP contribution in [0.1, 0.15) is 33.4 Å². The zero-order valence-electron chi connectivity index (χ0n) is 26.3. The molecule has 0 unspecified atom stereocenters. The summed E-state index contributed by atoms with van der Waals surface area (Å²) in [7, 11) is 0. The molecule has 7 nitrogen and oxygen atoms in total. The van der Waals surface area contributed by atoms with Gasteiger partial charge in [-0.25, -0.2) is 4.90 Å². The molecule has 2 aliphatic carbocycles. The van der Waals surface area contributed by atoms with E-state index in [-0.39, 0.29) is 17.2 Å². The van der Waals surface area contributed by atoms with Crippen LogP contribution in [0.4, 0.5) is 11.4 Å². The zero-order chi connectivity index (χ0) is 33.4. The molecule has 1 saturated heterocycles. The Morgan fingerprint density at radius 1 is 0.562 bits per heavy atom. The SMILES string of the molecule is Cc1ccc(C2=C(c3ccc(C)cc3)[C@@]3(c4ccccc4)C(=O)[C@@]2(c2ccccc2)[C@H]2C(=O)N(c4ccc([N+](=O)[O-])cc4)C(=O)[C@@H]23)cc1. The minimum absolute atomic E-state index is 0.153. The van der Waals surface area contributed by atoms with Gasteiger partial charge in [-0.15, -0.1) is 0 Å². The summed E-state index contributed by atoms with van der Waals surface area (Å²) >= 11 is 0. The van der Waals surface area contributed by atoms with Gasteiger partial charge in [-0.1, -0.05) is 120 Å². The van der Waals surface area contributed by atoms with E-state index < -0.39 is 39.4 Å². The molecule has 5 aromatic carbocycles. The van der Waals surface area contributed by atoms with Crippen molar-refractivity contribution < 1.29 is 19.3 Å². The third-order valence-corrected chi connectivity index (χ3v) is 10.5. The number of allylic oxidation sites excluding steroid dienone is 2. The third-order valence-electron chi connectivity index (χ3n) is 10.5. The second kappa shape index (κ2) is 10.5. The fraction of sp³-hybridized carbons (Fsp3) is 0.146. The lowest BCUT2D eigenvalue weighted by atomic mass is 9.59. The number of imide groups is 1. The van der Waals surface area contributed by atoms with E-state index in [2.05, 4.69) is 0 Å². The molecular formula is C41H30N2O5. The van der Waals surface area contributed by atoms with E-state index in [1.165, 1.54) is 24.3 Å². The van der Waals surface area contributed by atoms with Crippen LogP contribution in [-0.2, 0) is 25.2 Å². The topological polar surface area (TPSA) is 97.6 Å². The van der Waals surface area contributed by atoms with E-state index in [1.807, 2.05) is 123 Å². The van der Waals surface area contributed by atoms with Gasteiger partial charge in [-0.3, -0.25) is 24.5 Å². The summed E-state index contributed by atoms with van der Waals surface area (Å²) in [5.74, 6) is -3.33. The van der Waals surface area contributed by atoms with E-state index >= 15 is 14.4 Å². The first-order valence-electron chi connectivity index (χ1n) is 15.9. The Kier molecular flexibility index (Phi) is 6.47. The largest absolute Gasteiger partial charge is 0.297 e. The number of rotatable bonds is 6. The molecule has 1 saturated carbocycles. The van der Waals surface area contributed by atoms with Gasteiger partial charge in [0.05, 0.1) is 33.3 Å². The maximum Gasteiger partial charge on any atom is 0.269 e. The highest BCUT2D eigenvalue weighted by Crippen LogP contribution is 2.74. The predicted molar refractivity (Wildman–Crippen MR) is 183 cm³/mol. The van der Waals surface area contributed by atoms with Crippen molar-refractivity contribution in [1.82, 2.24) is 0 Å². The van der Waals surface area contributed by atoms with Crippen LogP contribution in [0.5, 0.6) is 0 Å². The van der Waals surface area contributed by atoms with Crippen LogP contribution in [-0.4, -0.2) is 22.5 Å². The van der Waals surface area contributed by atoms with Gasteiger partial charge in [-0.2, -0.15) is 0 Å². The number of nitro groups is 1. The monoisotopic (exact) mass is 630 g/mol. The summed E-state index contributed by atoms with van der Waals surface area (Å²) < 4.78 is 0. The van der Waals surface area contributed by atoms with Gasteiger partial charge in [0, 0.05) is 12.1 Å². The molecule has 8 rings (SSSR count). The Hall–Kier alpha value is -5.95. The first kappa shape index (κ1) is 29.5. The van der Waals surface area contributed by atoms with E-state index in [4.69, 9.17) is 0 Å². The van der Waals surface area contributed by atoms with Crippen LogP contribution in [0, 0.1) is 35.8 Å². The lowest BCUT2D eigenvalue weighted by molar-refractivity contribution is -0.384. The Labute approximate surface area is 277 Å². The lowest BCUT2D eigenvalue weighted by Gasteiger charge is -2.39. The molecule has 234 valence electrons. The average Bonchev–Trinajstić information content (AvgIpc) is 3.62. The van der Waals surface area contributed by atoms with Crippen LogP contribution in [0.2, 0.25) is 0 Å². The molecule has 0 aromatic heterocycles. The fourth-order valence-corrected chi connectivity index (χ4v) is 8.54. The molecular weight excluding hydrogens is 600 g/mol. The molecule has 1 heterocycles. The Bertz CT molecular complexity index is 2050. The predicted octanol–water partition coefficient (Wildman–Crippen LogP) is 7.40. The molecule has 7 heteroatoms. The van der Waals surface area contributed by atoms with Gasteiger partial charge in [0.2, 0.25) is 11.8 Å². The molecule has 0 N–H and O–H groups in total. The number of non-ortho nitro benzene ring substituents is 1. The van der Waals surface area contributed by atoms with Crippen molar-refractivity contribution in [3.05, 3.63) is 177 Å². The first-order chi connectivity index (χ1) is 23.2. The minimum Gasteiger partial charge on any atom is -0.297 e.